The summed E-state index contributed by atoms with van der Waals surface area (Å²) in [4.78, 5) is 0. The summed E-state index contributed by atoms with van der Waals surface area (Å²) in [5, 5.41) is 0. The molecular formula is C14H14FNO. The van der Waals surface area contributed by atoms with Crippen molar-refractivity contribution >= 4 is 5.69 Å². The number of aryl methyl sites for hydroxylation is 2. The number of anilines is 1. The number of ether oxygens (including phenoxy) is 1. The first-order valence-electron chi connectivity index (χ1n) is 5.37. The van der Waals surface area contributed by atoms with Crippen LogP contribution in [0.25, 0.3) is 0 Å². The number of nitrogen functional groups attached to an aromatic ring is 1. The highest BCUT2D eigenvalue weighted by Crippen LogP contribution is 2.29. The maximum Gasteiger partial charge on any atom is 0.153 e. The van der Waals surface area contributed by atoms with E-state index < -0.39 is 5.82 Å². The minimum absolute atomic E-state index is 0.0331. The number of para-hydroxylation sites is 1. The highest BCUT2D eigenvalue weighted by molar-refractivity contribution is 5.55. The van der Waals surface area contributed by atoms with E-state index in [0.717, 1.165) is 5.56 Å². The number of hydrogen-bond acceptors (Lipinski definition) is 2. The first kappa shape index (κ1) is 11.5. The van der Waals surface area contributed by atoms with E-state index in [-0.39, 0.29) is 5.69 Å². The van der Waals surface area contributed by atoms with Gasteiger partial charge in [-0.3, -0.25) is 0 Å². The van der Waals surface area contributed by atoms with Gasteiger partial charge in [0.15, 0.2) is 5.75 Å². The Labute approximate surface area is 99.8 Å². The van der Waals surface area contributed by atoms with Crippen molar-refractivity contribution in [3.05, 3.63) is 53.3 Å². The summed E-state index contributed by atoms with van der Waals surface area (Å²) in [6.45, 7) is 4.02. The summed E-state index contributed by atoms with van der Waals surface area (Å²) in [7, 11) is 0. The van der Waals surface area contributed by atoms with E-state index in [1.165, 1.54) is 11.6 Å². The first-order chi connectivity index (χ1) is 8.08. The Bertz CT molecular complexity index is 552. The average Bonchev–Trinajstić information content (AvgIpc) is 2.30. The fourth-order valence-electron chi connectivity index (χ4n) is 1.51. The van der Waals surface area contributed by atoms with E-state index >= 15 is 0 Å². The molecule has 0 saturated carbocycles. The quantitative estimate of drug-likeness (QED) is 0.797. The summed E-state index contributed by atoms with van der Waals surface area (Å²) in [6, 6.07) is 10.2. The monoisotopic (exact) mass is 231 g/mol. The lowest BCUT2D eigenvalue weighted by molar-refractivity contribution is 0.479. The lowest BCUT2D eigenvalue weighted by atomic mass is 10.1. The fraction of sp³-hybridized carbons (Fsp3) is 0.143. The van der Waals surface area contributed by atoms with Gasteiger partial charge in [-0.2, -0.15) is 0 Å². The van der Waals surface area contributed by atoms with Crippen LogP contribution in [0.3, 0.4) is 0 Å². The van der Waals surface area contributed by atoms with Crippen LogP contribution >= 0.6 is 0 Å². The van der Waals surface area contributed by atoms with Gasteiger partial charge in [-0.05, 0) is 49.2 Å². The minimum Gasteiger partial charge on any atom is -0.455 e. The fourth-order valence-corrected chi connectivity index (χ4v) is 1.51. The van der Waals surface area contributed by atoms with Crippen LogP contribution in [-0.2, 0) is 0 Å². The molecule has 0 heterocycles. The second kappa shape index (κ2) is 4.45. The molecule has 0 aliphatic heterocycles. The van der Waals surface area contributed by atoms with Crippen LogP contribution in [0.4, 0.5) is 10.1 Å². The van der Waals surface area contributed by atoms with Crippen LogP contribution in [0, 0.1) is 19.7 Å². The third-order valence-corrected chi connectivity index (χ3v) is 2.72. The maximum atomic E-state index is 13.2. The van der Waals surface area contributed by atoms with Crippen LogP contribution in [0.2, 0.25) is 0 Å². The van der Waals surface area contributed by atoms with Crippen molar-refractivity contribution in [3.63, 3.8) is 0 Å². The molecule has 0 saturated heterocycles. The molecule has 0 spiro atoms. The largest absolute Gasteiger partial charge is 0.455 e. The van der Waals surface area contributed by atoms with Crippen LogP contribution in [0.5, 0.6) is 11.5 Å². The summed E-state index contributed by atoms with van der Waals surface area (Å²) < 4.78 is 18.8. The molecule has 0 amide bonds. The molecule has 2 N–H and O–H groups in total. The Morgan fingerprint density at radius 1 is 1.06 bits per heavy atom. The van der Waals surface area contributed by atoms with E-state index in [2.05, 4.69) is 0 Å². The standard InChI is InChI=1S/C14H14FNO/c1-9-6-7-11(8-10(9)2)17-13-5-3-4-12(15)14(13)16/h3-8H,16H2,1-2H3. The van der Waals surface area contributed by atoms with Gasteiger partial charge in [0, 0.05) is 0 Å². The lowest BCUT2D eigenvalue weighted by Crippen LogP contribution is -1.95. The van der Waals surface area contributed by atoms with Gasteiger partial charge in [-0.1, -0.05) is 12.1 Å². The molecule has 0 bridgehead atoms. The Kier molecular flexibility index (Phi) is 3.00. The van der Waals surface area contributed by atoms with E-state index in [9.17, 15) is 4.39 Å². The average molecular weight is 231 g/mol. The number of hydrogen-bond donors (Lipinski definition) is 1. The molecule has 0 unspecified atom stereocenters. The molecule has 0 aliphatic carbocycles. The summed E-state index contributed by atoms with van der Waals surface area (Å²) >= 11 is 0. The normalized spacial score (nSPS) is 10.3. The molecule has 0 radical (unpaired) electrons. The van der Waals surface area contributed by atoms with Crippen molar-refractivity contribution in [2.24, 2.45) is 0 Å². The van der Waals surface area contributed by atoms with Crippen LogP contribution < -0.4 is 10.5 Å². The second-order valence-corrected chi connectivity index (χ2v) is 4.00. The molecule has 0 aromatic heterocycles. The first-order valence-corrected chi connectivity index (χ1v) is 5.37. The van der Waals surface area contributed by atoms with Crippen LogP contribution in [0.15, 0.2) is 36.4 Å². The highest BCUT2D eigenvalue weighted by Gasteiger charge is 2.06. The lowest BCUT2D eigenvalue weighted by Gasteiger charge is -2.10. The highest BCUT2D eigenvalue weighted by atomic mass is 19.1. The molecule has 2 aromatic rings. The third kappa shape index (κ3) is 2.38. The molecule has 17 heavy (non-hydrogen) atoms. The van der Waals surface area contributed by atoms with Gasteiger partial charge in [-0.15, -0.1) is 0 Å². The van der Waals surface area contributed by atoms with Gasteiger partial charge < -0.3 is 10.5 Å². The van der Waals surface area contributed by atoms with Crippen molar-refractivity contribution in [1.29, 1.82) is 0 Å². The van der Waals surface area contributed by atoms with Crippen LogP contribution in [-0.4, -0.2) is 0 Å². The molecular weight excluding hydrogens is 217 g/mol. The maximum absolute atomic E-state index is 13.2. The van der Waals surface area contributed by atoms with Gasteiger partial charge in [0.1, 0.15) is 17.3 Å². The number of nitrogens with two attached hydrogens (primary N) is 1. The predicted molar refractivity (Wildman–Crippen MR) is 66.8 cm³/mol. The second-order valence-electron chi connectivity index (χ2n) is 4.00. The minimum atomic E-state index is -0.466. The zero-order valence-electron chi connectivity index (χ0n) is 9.83. The third-order valence-electron chi connectivity index (χ3n) is 2.72. The van der Waals surface area contributed by atoms with Gasteiger partial charge in [-0.25, -0.2) is 4.39 Å². The van der Waals surface area contributed by atoms with Crippen molar-refractivity contribution in [3.8, 4) is 11.5 Å². The topological polar surface area (TPSA) is 35.2 Å². The van der Waals surface area contributed by atoms with Crippen molar-refractivity contribution in [2.75, 3.05) is 5.73 Å². The summed E-state index contributed by atoms with van der Waals surface area (Å²) in [5.41, 5.74) is 7.94. The van der Waals surface area contributed by atoms with Crippen molar-refractivity contribution in [1.82, 2.24) is 0 Å². The van der Waals surface area contributed by atoms with Gasteiger partial charge in [0.05, 0.1) is 0 Å². The van der Waals surface area contributed by atoms with Crippen LogP contribution in [0.1, 0.15) is 11.1 Å². The van der Waals surface area contributed by atoms with Crippen molar-refractivity contribution in [2.45, 2.75) is 13.8 Å². The molecule has 2 rings (SSSR count). The number of halogens is 1. The molecule has 0 fully saturated rings. The zero-order valence-corrected chi connectivity index (χ0v) is 9.83. The Hall–Kier alpha value is -2.03. The van der Waals surface area contributed by atoms with E-state index in [0.29, 0.717) is 11.5 Å². The molecule has 2 nitrogen and oxygen atoms in total. The van der Waals surface area contributed by atoms with E-state index in [1.54, 1.807) is 12.1 Å². The summed E-state index contributed by atoms with van der Waals surface area (Å²) in [5.74, 6) is 0.532. The van der Waals surface area contributed by atoms with E-state index in [4.69, 9.17) is 10.5 Å². The smallest absolute Gasteiger partial charge is 0.153 e. The molecule has 0 aliphatic rings. The SMILES string of the molecule is Cc1ccc(Oc2cccc(F)c2N)cc1C. The number of rotatable bonds is 2. The summed E-state index contributed by atoms with van der Waals surface area (Å²) in [6.07, 6.45) is 0. The molecule has 2 aromatic carbocycles. The number of benzene rings is 2. The zero-order chi connectivity index (χ0) is 12.4. The van der Waals surface area contributed by atoms with Gasteiger partial charge in [0.25, 0.3) is 0 Å². The molecule has 0 atom stereocenters. The van der Waals surface area contributed by atoms with E-state index in [1.807, 2.05) is 32.0 Å². The predicted octanol–water partition coefficient (Wildman–Crippen LogP) is 3.82. The Morgan fingerprint density at radius 3 is 2.53 bits per heavy atom. The Morgan fingerprint density at radius 2 is 1.82 bits per heavy atom. The van der Waals surface area contributed by atoms with Crippen molar-refractivity contribution < 1.29 is 9.13 Å². The molecule has 88 valence electrons. The van der Waals surface area contributed by atoms with Gasteiger partial charge >= 0.3 is 0 Å². The molecule has 3 heteroatoms. The Balaban J connectivity index is 2.31. The van der Waals surface area contributed by atoms with Gasteiger partial charge in [0.2, 0.25) is 0 Å².